The summed E-state index contributed by atoms with van der Waals surface area (Å²) in [7, 11) is 0. The van der Waals surface area contributed by atoms with Crippen LogP contribution in [-0.4, -0.2) is 52.9 Å². The molecule has 0 aromatic carbocycles. The highest BCUT2D eigenvalue weighted by atomic mass is 16.2. The summed E-state index contributed by atoms with van der Waals surface area (Å²) >= 11 is 0. The van der Waals surface area contributed by atoms with Crippen LogP contribution < -0.4 is 5.73 Å². The van der Waals surface area contributed by atoms with Crippen LogP contribution in [0.5, 0.6) is 0 Å². The van der Waals surface area contributed by atoms with E-state index >= 15 is 0 Å². The van der Waals surface area contributed by atoms with E-state index in [9.17, 15) is 4.79 Å². The summed E-state index contributed by atoms with van der Waals surface area (Å²) in [6, 6.07) is 4.03. The van der Waals surface area contributed by atoms with Crippen LogP contribution in [0.4, 0.5) is 0 Å². The summed E-state index contributed by atoms with van der Waals surface area (Å²) in [6.45, 7) is 9.60. The van der Waals surface area contributed by atoms with Crippen molar-refractivity contribution in [1.82, 2.24) is 14.8 Å². The van der Waals surface area contributed by atoms with E-state index in [1.165, 1.54) is 5.56 Å². The number of nitrogens with two attached hydrogens (primary N) is 1. The van der Waals surface area contributed by atoms with Crippen molar-refractivity contribution in [1.29, 1.82) is 0 Å². The van der Waals surface area contributed by atoms with Gasteiger partial charge in [0.05, 0.1) is 6.04 Å². The number of carbonyl (C=O) groups is 1. The monoisotopic (exact) mass is 304 g/mol. The van der Waals surface area contributed by atoms with Crippen molar-refractivity contribution in [2.75, 3.05) is 26.2 Å². The number of rotatable bonds is 5. The molecule has 1 aromatic heterocycles. The summed E-state index contributed by atoms with van der Waals surface area (Å²) in [5, 5.41) is 0. The first-order valence-corrected chi connectivity index (χ1v) is 8.23. The van der Waals surface area contributed by atoms with E-state index in [0.717, 1.165) is 32.6 Å². The number of aromatic nitrogens is 1. The molecule has 0 bridgehead atoms. The van der Waals surface area contributed by atoms with Gasteiger partial charge in [0.25, 0.3) is 0 Å². The lowest BCUT2D eigenvalue weighted by Crippen LogP contribution is -2.54. The molecule has 5 nitrogen and oxygen atoms in total. The van der Waals surface area contributed by atoms with Crippen LogP contribution in [0.15, 0.2) is 24.5 Å². The predicted molar refractivity (Wildman–Crippen MR) is 88.2 cm³/mol. The maximum atomic E-state index is 12.4. The minimum absolute atomic E-state index is 0.100. The highest BCUT2D eigenvalue weighted by Gasteiger charge is 2.29. The molecule has 2 heterocycles. The Morgan fingerprint density at radius 3 is 2.55 bits per heavy atom. The van der Waals surface area contributed by atoms with Gasteiger partial charge in [0.1, 0.15) is 0 Å². The average molecular weight is 304 g/mol. The third kappa shape index (κ3) is 3.84. The van der Waals surface area contributed by atoms with E-state index in [-0.39, 0.29) is 17.9 Å². The smallest absolute Gasteiger partial charge is 0.239 e. The van der Waals surface area contributed by atoms with Crippen molar-refractivity contribution in [3.8, 4) is 0 Å². The lowest BCUT2D eigenvalue weighted by Gasteiger charge is -2.39. The topological polar surface area (TPSA) is 62.5 Å². The molecular weight excluding hydrogens is 276 g/mol. The third-order valence-corrected chi connectivity index (χ3v) is 4.88. The van der Waals surface area contributed by atoms with Gasteiger partial charge >= 0.3 is 0 Å². The summed E-state index contributed by atoms with van der Waals surface area (Å²) in [4.78, 5) is 20.9. The fraction of sp³-hybridized carbons (Fsp3) is 0.647. The molecule has 1 aromatic rings. The molecule has 1 saturated heterocycles. The Kier molecular flexibility index (Phi) is 5.91. The molecule has 2 rings (SSSR count). The summed E-state index contributed by atoms with van der Waals surface area (Å²) < 4.78 is 0. The van der Waals surface area contributed by atoms with Crippen molar-refractivity contribution in [2.45, 2.75) is 39.3 Å². The zero-order valence-corrected chi connectivity index (χ0v) is 13.9. The number of amides is 1. The van der Waals surface area contributed by atoms with E-state index in [4.69, 9.17) is 5.73 Å². The minimum atomic E-state index is -0.368. The number of piperazine rings is 1. The number of nitrogens with zero attached hydrogens (tertiary/aromatic N) is 3. The Morgan fingerprint density at radius 1 is 1.32 bits per heavy atom. The van der Waals surface area contributed by atoms with E-state index < -0.39 is 0 Å². The molecule has 1 fully saturated rings. The normalized spacial score (nSPS) is 20.5. The molecule has 22 heavy (non-hydrogen) atoms. The Morgan fingerprint density at radius 2 is 2.00 bits per heavy atom. The van der Waals surface area contributed by atoms with Gasteiger partial charge in [-0.3, -0.25) is 14.7 Å². The molecule has 1 aliphatic heterocycles. The van der Waals surface area contributed by atoms with Gasteiger partial charge in [0, 0.05) is 44.6 Å². The molecular formula is C17H28N4O. The van der Waals surface area contributed by atoms with Crippen molar-refractivity contribution in [3.63, 3.8) is 0 Å². The molecule has 3 unspecified atom stereocenters. The van der Waals surface area contributed by atoms with Crippen LogP contribution in [0.1, 0.15) is 38.8 Å². The van der Waals surface area contributed by atoms with Gasteiger partial charge in [-0.1, -0.05) is 26.3 Å². The van der Waals surface area contributed by atoms with Crippen molar-refractivity contribution in [2.24, 2.45) is 11.7 Å². The summed E-state index contributed by atoms with van der Waals surface area (Å²) in [5.74, 6) is 0.336. The Hall–Kier alpha value is -1.46. The Bertz CT molecular complexity index is 471. The van der Waals surface area contributed by atoms with Gasteiger partial charge in [0.15, 0.2) is 0 Å². The zero-order chi connectivity index (χ0) is 16.1. The lowest BCUT2D eigenvalue weighted by atomic mass is 9.98. The van der Waals surface area contributed by atoms with Gasteiger partial charge in [-0.25, -0.2) is 0 Å². The van der Waals surface area contributed by atoms with Gasteiger partial charge in [-0.05, 0) is 24.5 Å². The van der Waals surface area contributed by atoms with E-state index in [1.807, 2.05) is 24.1 Å². The number of carbonyl (C=O) groups excluding carboxylic acids is 1. The van der Waals surface area contributed by atoms with Crippen LogP contribution in [-0.2, 0) is 4.79 Å². The van der Waals surface area contributed by atoms with Crippen LogP contribution >= 0.6 is 0 Å². The highest BCUT2D eigenvalue weighted by molar-refractivity contribution is 5.82. The fourth-order valence-electron chi connectivity index (χ4n) is 2.87. The molecule has 0 spiro atoms. The largest absolute Gasteiger partial charge is 0.339 e. The maximum Gasteiger partial charge on any atom is 0.239 e. The van der Waals surface area contributed by atoms with E-state index in [1.54, 1.807) is 6.20 Å². The van der Waals surface area contributed by atoms with Crippen LogP contribution in [0.25, 0.3) is 0 Å². The molecule has 2 N–H and O–H groups in total. The summed E-state index contributed by atoms with van der Waals surface area (Å²) in [6.07, 6.45) is 4.65. The maximum absolute atomic E-state index is 12.4. The third-order valence-electron chi connectivity index (χ3n) is 4.88. The minimum Gasteiger partial charge on any atom is -0.339 e. The summed E-state index contributed by atoms with van der Waals surface area (Å²) in [5.41, 5.74) is 7.30. The van der Waals surface area contributed by atoms with Crippen LogP contribution in [0.3, 0.4) is 0 Å². The molecule has 0 radical (unpaired) electrons. The van der Waals surface area contributed by atoms with Gasteiger partial charge in [-0.15, -0.1) is 0 Å². The van der Waals surface area contributed by atoms with Gasteiger partial charge in [-0.2, -0.15) is 0 Å². The SMILES string of the molecule is CCC(C)C(N)C(=O)N1CCN(C(C)c2cccnc2)CC1. The van der Waals surface area contributed by atoms with Crippen molar-refractivity contribution in [3.05, 3.63) is 30.1 Å². The standard InChI is InChI=1S/C17H28N4O/c1-4-13(2)16(18)17(22)21-10-8-20(9-11-21)14(3)15-6-5-7-19-12-15/h5-7,12-14,16H,4,8-11,18H2,1-3H3. The Labute approximate surface area is 133 Å². The first-order valence-electron chi connectivity index (χ1n) is 8.23. The number of hydrogen-bond acceptors (Lipinski definition) is 4. The predicted octanol–water partition coefficient (Wildman–Crippen LogP) is 1.66. The van der Waals surface area contributed by atoms with Crippen LogP contribution in [0, 0.1) is 5.92 Å². The average Bonchev–Trinajstić information content (AvgIpc) is 2.60. The molecule has 0 aliphatic carbocycles. The molecule has 0 saturated carbocycles. The molecule has 3 atom stereocenters. The van der Waals surface area contributed by atoms with E-state index in [2.05, 4.69) is 29.8 Å². The quantitative estimate of drug-likeness (QED) is 0.898. The fourth-order valence-corrected chi connectivity index (χ4v) is 2.87. The molecule has 1 amide bonds. The zero-order valence-electron chi connectivity index (χ0n) is 13.9. The van der Waals surface area contributed by atoms with Crippen molar-refractivity contribution >= 4 is 5.91 Å². The Balaban J connectivity index is 1.89. The second kappa shape index (κ2) is 7.70. The second-order valence-electron chi connectivity index (χ2n) is 6.23. The first-order chi connectivity index (χ1) is 10.5. The van der Waals surface area contributed by atoms with Crippen molar-refractivity contribution < 1.29 is 4.79 Å². The van der Waals surface area contributed by atoms with E-state index in [0.29, 0.717) is 6.04 Å². The lowest BCUT2D eigenvalue weighted by molar-refractivity contribution is -0.135. The molecule has 1 aliphatic rings. The van der Waals surface area contributed by atoms with Gasteiger partial charge in [0.2, 0.25) is 5.91 Å². The first kappa shape index (κ1) is 16.9. The van der Waals surface area contributed by atoms with Gasteiger partial charge < -0.3 is 10.6 Å². The number of hydrogen-bond donors (Lipinski definition) is 1. The molecule has 5 heteroatoms. The highest BCUT2D eigenvalue weighted by Crippen LogP contribution is 2.21. The number of pyridine rings is 1. The molecule has 122 valence electrons. The second-order valence-corrected chi connectivity index (χ2v) is 6.23. The van der Waals surface area contributed by atoms with Crippen LogP contribution in [0.2, 0.25) is 0 Å².